The molecule has 1 aromatic rings. The lowest BCUT2D eigenvalue weighted by molar-refractivity contribution is 0.287. The number of hydrogen-bond acceptors (Lipinski definition) is 5. The van der Waals surface area contributed by atoms with E-state index < -0.39 is 0 Å². The topological polar surface area (TPSA) is 52.4 Å². The molecule has 1 saturated heterocycles. The van der Waals surface area contributed by atoms with Gasteiger partial charge in [-0.05, 0) is 6.07 Å². The van der Waals surface area contributed by atoms with Crippen LogP contribution in [0.5, 0.6) is 5.88 Å². The normalized spacial score (nSPS) is 16.6. The molecule has 0 amide bonds. The maximum Gasteiger partial charge on any atom is 0.214 e. The van der Waals surface area contributed by atoms with Crippen molar-refractivity contribution in [2.75, 3.05) is 44.7 Å². The van der Waals surface area contributed by atoms with E-state index in [1.807, 2.05) is 12.1 Å². The van der Waals surface area contributed by atoms with E-state index in [-0.39, 0.29) is 0 Å². The molecular weight excluding hydrogens is 216 g/mol. The van der Waals surface area contributed by atoms with Gasteiger partial charge in [0.2, 0.25) is 5.88 Å². The minimum atomic E-state index is 0.521. The van der Waals surface area contributed by atoms with Crippen molar-refractivity contribution in [1.82, 2.24) is 9.88 Å². The summed E-state index contributed by atoms with van der Waals surface area (Å²) < 4.78 is 5.11. The second-order valence-corrected chi connectivity index (χ2v) is 3.98. The van der Waals surface area contributed by atoms with Crippen LogP contribution in [0.4, 0.5) is 5.69 Å². The number of pyridine rings is 1. The predicted octanol–water partition coefficient (Wildman–Crippen LogP) is 0.736. The zero-order valence-electron chi connectivity index (χ0n) is 9.96. The van der Waals surface area contributed by atoms with Crippen molar-refractivity contribution >= 4 is 5.69 Å². The van der Waals surface area contributed by atoms with Crippen molar-refractivity contribution < 1.29 is 4.74 Å². The molecule has 1 aliphatic heterocycles. The fraction of sp³-hybridized carbons (Fsp3) is 0.500. The zero-order valence-corrected chi connectivity index (χ0v) is 9.96. The summed E-state index contributed by atoms with van der Waals surface area (Å²) in [5.74, 6) is 0.641. The van der Waals surface area contributed by atoms with Crippen LogP contribution in [0.1, 0.15) is 0 Å². The van der Waals surface area contributed by atoms with Crippen LogP contribution in [0.2, 0.25) is 0 Å². The van der Waals surface area contributed by atoms with Gasteiger partial charge in [0, 0.05) is 44.1 Å². The highest BCUT2D eigenvalue weighted by Gasteiger charge is 2.17. The average molecular weight is 232 g/mol. The summed E-state index contributed by atoms with van der Waals surface area (Å²) in [4.78, 5) is 8.55. The number of hydrogen-bond donors (Lipinski definition) is 0. The number of aromatic nitrogens is 1. The van der Waals surface area contributed by atoms with E-state index in [4.69, 9.17) is 10.00 Å². The number of nitriles is 1. The molecule has 2 heterocycles. The van der Waals surface area contributed by atoms with E-state index >= 15 is 0 Å². The van der Waals surface area contributed by atoms with Crippen molar-refractivity contribution in [2.24, 2.45) is 0 Å². The van der Waals surface area contributed by atoms with Crippen molar-refractivity contribution in [1.29, 1.82) is 5.26 Å². The number of methoxy groups -OCH3 is 1. The van der Waals surface area contributed by atoms with Gasteiger partial charge in [0.05, 0.1) is 19.7 Å². The highest BCUT2D eigenvalue weighted by molar-refractivity contribution is 5.48. The summed E-state index contributed by atoms with van der Waals surface area (Å²) in [6.45, 7) is 4.26. The maximum atomic E-state index is 8.64. The third-order valence-electron chi connectivity index (χ3n) is 2.96. The standard InChI is InChI=1S/C12H16N4O/c1-17-12-10-11(2-4-14-12)16-8-6-15(5-3-13)7-9-16/h2,4,10H,5-9H2,1H3. The Bertz CT molecular complexity index is 407. The molecular formula is C12H16N4O. The molecule has 0 unspecified atom stereocenters. The van der Waals surface area contributed by atoms with Gasteiger partial charge >= 0.3 is 0 Å². The molecule has 0 aromatic carbocycles. The molecule has 1 aromatic heterocycles. The monoisotopic (exact) mass is 232 g/mol. The molecule has 0 N–H and O–H groups in total. The molecule has 90 valence electrons. The molecule has 0 bridgehead atoms. The molecule has 0 saturated carbocycles. The lowest BCUT2D eigenvalue weighted by Crippen LogP contribution is -2.46. The summed E-state index contributed by atoms with van der Waals surface area (Å²) in [5.41, 5.74) is 1.13. The average Bonchev–Trinajstić information content (AvgIpc) is 2.40. The molecule has 0 radical (unpaired) electrons. The Morgan fingerprint density at radius 3 is 2.82 bits per heavy atom. The molecule has 0 aliphatic carbocycles. The highest BCUT2D eigenvalue weighted by atomic mass is 16.5. The molecule has 1 fully saturated rings. The molecule has 5 heteroatoms. The molecule has 1 aliphatic rings. The summed E-state index contributed by atoms with van der Waals surface area (Å²) in [6, 6.07) is 6.12. The van der Waals surface area contributed by atoms with Crippen LogP contribution in [-0.2, 0) is 0 Å². The molecule has 0 atom stereocenters. The molecule has 0 spiro atoms. The van der Waals surface area contributed by atoms with E-state index in [0.717, 1.165) is 31.9 Å². The second kappa shape index (κ2) is 5.51. The predicted molar refractivity (Wildman–Crippen MR) is 65.1 cm³/mol. The van der Waals surface area contributed by atoms with Crippen molar-refractivity contribution in [2.45, 2.75) is 0 Å². The minimum absolute atomic E-state index is 0.521. The van der Waals surface area contributed by atoms with Gasteiger partial charge in [-0.2, -0.15) is 5.26 Å². The lowest BCUT2D eigenvalue weighted by atomic mass is 10.2. The number of piperazine rings is 1. The first-order valence-corrected chi connectivity index (χ1v) is 5.68. The fourth-order valence-electron chi connectivity index (χ4n) is 1.97. The van der Waals surface area contributed by atoms with Gasteiger partial charge in [-0.3, -0.25) is 4.90 Å². The van der Waals surface area contributed by atoms with Crippen LogP contribution in [0.25, 0.3) is 0 Å². The summed E-state index contributed by atoms with van der Waals surface area (Å²) in [5, 5.41) is 8.64. The Morgan fingerprint density at radius 1 is 1.41 bits per heavy atom. The first kappa shape index (κ1) is 11.7. The molecule has 2 rings (SSSR count). The maximum absolute atomic E-state index is 8.64. The van der Waals surface area contributed by atoms with E-state index in [9.17, 15) is 0 Å². The Kier molecular flexibility index (Phi) is 3.78. The van der Waals surface area contributed by atoms with Gasteiger partial charge in [0.15, 0.2) is 0 Å². The van der Waals surface area contributed by atoms with Crippen molar-refractivity contribution in [3.05, 3.63) is 18.3 Å². The van der Waals surface area contributed by atoms with E-state index in [2.05, 4.69) is 20.9 Å². The van der Waals surface area contributed by atoms with Gasteiger partial charge in [-0.1, -0.05) is 0 Å². The summed E-state index contributed by atoms with van der Waals surface area (Å²) >= 11 is 0. The summed E-state index contributed by atoms with van der Waals surface area (Å²) in [7, 11) is 1.62. The second-order valence-electron chi connectivity index (χ2n) is 3.98. The third kappa shape index (κ3) is 2.86. The van der Waals surface area contributed by atoms with Crippen LogP contribution >= 0.6 is 0 Å². The van der Waals surface area contributed by atoms with Gasteiger partial charge in [-0.15, -0.1) is 0 Å². The SMILES string of the molecule is COc1cc(N2CCN(CC#N)CC2)ccn1. The van der Waals surface area contributed by atoms with Crippen LogP contribution in [0.3, 0.4) is 0 Å². The zero-order chi connectivity index (χ0) is 12.1. The highest BCUT2D eigenvalue weighted by Crippen LogP contribution is 2.19. The Labute approximate surface area is 101 Å². The number of nitrogens with zero attached hydrogens (tertiary/aromatic N) is 4. The first-order chi connectivity index (χ1) is 8.33. The van der Waals surface area contributed by atoms with E-state index in [1.165, 1.54) is 0 Å². The lowest BCUT2D eigenvalue weighted by Gasteiger charge is -2.34. The summed E-state index contributed by atoms with van der Waals surface area (Å²) in [6.07, 6.45) is 1.76. The fourth-order valence-corrected chi connectivity index (χ4v) is 1.97. The number of ether oxygens (including phenoxy) is 1. The van der Waals surface area contributed by atoms with Crippen molar-refractivity contribution in [3.63, 3.8) is 0 Å². The minimum Gasteiger partial charge on any atom is -0.481 e. The Morgan fingerprint density at radius 2 is 2.18 bits per heavy atom. The Hall–Kier alpha value is -1.80. The number of anilines is 1. The largest absolute Gasteiger partial charge is 0.481 e. The van der Waals surface area contributed by atoms with Crippen LogP contribution in [0.15, 0.2) is 18.3 Å². The van der Waals surface area contributed by atoms with Gasteiger partial charge < -0.3 is 9.64 Å². The van der Waals surface area contributed by atoms with E-state index in [1.54, 1.807) is 13.3 Å². The van der Waals surface area contributed by atoms with Crippen LogP contribution in [0, 0.1) is 11.3 Å². The van der Waals surface area contributed by atoms with Crippen LogP contribution < -0.4 is 9.64 Å². The van der Waals surface area contributed by atoms with Crippen LogP contribution in [-0.4, -0.2) is 49.7 Å². The molecule has 5 nitrogen and oxygen atoms in total. The quantitative estimate of drug-likeness (QED) is 0.719. The van der Waals surface area contributed by atoms with Crippen molar-refractivity contribution in [3.8, 4) is 11.9 Å². The van der Waals surface area contributed by atoms with Gasteiger partial charge in [0.1, 0.15) is 0 Å². The molecule has 17 heavy (non-hydrogen) atoms. The number of rotatable bonds is 3. The van der Waals surface area contributed by atoms with E-state index in [0.29, 0.717) is 12.4 Å². The Balaban J connectivity index is 1.98. The third-order valence-corrected chi connectivity index (χ3v) is 2.96. The first-order valence-electron chi connectivity index (χ1n) is 5.68. The van der Waals surface area contributed by atoms with Gasteiger partial charge in [-0.25, -0.2) is 4.98 Å². The smallest absolute Gasteiger partial charge is 0.214 e. The van der Waals surface area contributed by atoms with Gasteiger partial charge in [0.25, 0.3) is 0 Å².